The van der Waals surface area contributed by atoms with Crippen molar-refractivity contribution in [3.8, 4) is 0 Å². The van der Waals surface area contributed by atoms with E-state index in [2.05, 4.69) is 20.9 Å². The zero-order valence-electron chi connectivity index (χ0n) is 13.1. The first-order valence-electron chi connectivity index (χ1n) is 6.79. The van der Waals surface area contributed by atoms with E-state index >= 15 is 0 Å². The van der Waals surface area contributed by atoms with E-state index in [9.17, 15) is 14.4 Å². The predicted octanol–water partition coefficient (Wildman–Crippen LogP) is 0.104. The molecule has 0 aliphatic rings. The van der Waals surface area contributed by atoms with Crippen LogP contribution in [-0.2, 0) is 9.59 Å². The summed E-state index contributed by atoms with van der Waals surface area (Å²) in [5.74, 6) is -0.315. The van der Waals surface area contributed by atoms with Gasteiger partial charge in [-0.2, -0.15) is 0 Å². The maximum Gasteiger partial charge on any atom is 0.321 e. The van der Waals surface area contributed by atoms with Gasteiger partial charge in [0.1, 0.15) is 5.82 Å². The summed E-state index contributed by atoms with van der Waals surface area (Å²) in [5.41, 5.74) is 0.796. The van der Waals surface area contributed by atoms with Gasteiger partial charge in [-0.15, -0.1) is 0 Å². The lowest BCUT2D eigenvalue weighted by Crippen LogP contribution is -2.49. The van der Waals surface area contributed by atoms with Crippen LogP contribution in [-0.4, -0.2) is 54.4 Å². The highest BCUT2D eigenvalue weighted by atomic mass is 16.2. The second kappa shape index (κ2) is 8.08. The molecule has 1 rings (SSSR count). The molecule has 4 amide bonds. The molecule has 0 fully saturated rings. The van der Waals surface area contributed by atoms with Crippen LogP contribution in [0, 0.1) is 6.92 Å². The minimum absolute atomic E-state index is 0.00203. The number of hydrogen-bond acceptors (Lipinski definition) is 5. The van der Waals surface area contributed by atoms with Crippen LogP contribution in [0.4, 0.5) is 10.6 Å². The van der Waals surface area contributed by atoms with Gasteiger partial charge in [0, 0.05) is 12.7 Å². The lowest BCUT2D eigenvalue weighted by molar-refractivity contribution is -0.125. The average Bonchev–Trinajstić information content (AvgIpc) is 2.45. The van der Waals surface area contributed by atoms with E-state index < -0.39 is 18.0 Å². The molecule has 0 aliphatic heterocycles. The summed E-state index contributed by atoms with van der Waals surface area (Å²) in [4.78, 5) is 40.5. The summed E-state index contributed by atoms with van der Waals surface area (Å²) < 4.78 is 0. The molecule has 0 spiro atoms. The van der Waals surface area contributed by atoms with Gasteiger partial charge in [0.15, 0.2) is 0 Å². The molecule has 0 bridgehead atoms. The van der Waals surface area contributed by atoms with Gasteiger partial charge < -0.3 is 10.6 Å². The van der Waals surface area contributed by atoms with E-state index in [1.807, 2.05) is 13.0 Å². The molecule has 22 heavy (non-hydrogen) atoms. The van der Waals surface area contributed by atoms with Gasteiger partial charge in [0.05, 0.1) is 12.6 Å². The van der Waals surface area contributed by atoms with Crippen LogP contribution in [0.15, 0.2) is 18.2 Å². The van der Waals surface area contributed by atoms with Gasteiger partial charge in [-0.25, -0.2) is 9.78 Å². The second-order valence-electron chi connectivity index (χ2n) is 4.87. The Morgan fingerprint density at radius 1 is 1.32 bits per heavy atom. The van der Waals surface area contributed by atoms with Crippen LogP contribution in [0.1, 0.15) is 12.6 Å². The van der Waals surface area contributed by atoms with Crippen LogP contribution >= 0.6 is 0 Å². The van der Waals surface area contributed by atoms with E-state index in [1.165, 1.54) is 11.9 Å². The first kappa shape index (κ1) is 17.6. The third-order valence-electron chi connectivity index (χ3n) is 3.05. The van der Waals surface area contributed by atoms with E-state index in [0.717, 1.165) is 5.69 Å². The first-order chi connectivity index (χ1) is 10.3. The number of urea groups is 1. The fraction of sp³-hybridized carbons (Fsp3) is 0.429. The molecule has 0 saturated heterocycles. The van der Waals surface area contributed by atoms with Gasteiger partial charge in [-0.05, 0) is 33.0 Å². The van der Waals surface area contributed by atoms with Crippen LogP contribution in [0.25, 0.3) is 0 Å². The van der Waals surface area contributed by atoms with E-state index in [-0.39, 0.29) is 12.5 Å². The zero-order valence-corrected chi connectivity index (χ0v) is 13.1. The van der Waals surface area contributed by atoms with E-state index in [0.29, 0.717) is 5.82 Å². The van der Waals surface area contributed by atoms with E-state index in [1.54, 1.807) is 26.1 Å². The number of carbonyl (C=O) groups is 3. The maximum absolute atomic E-state index is 11.9. The van der Waals surface area contributed by atoms with Crippen molar-refractivity contribution < 1.29 is 14.4 Å². The lowest BCUT2D eigenvalue weighted by atomic mass is 10.2. The SMILES string of the molecule is CNC(=O)NC(=O)C(C)N(C)CC(=O)Nc1cccc(C)n1. The Kier molecular flexibility index (Phi) is 6.46. The van der Waals surface area contributed by atoms with Gasteiger partial charge in [-0.3, -0.25) is 19.8 Å². The summed E-state index contributed by atoms with van der Waals surface area (Å²) in [6.45, 7) is 3.43. The molecule has 3 N–H and O–H groups in total. The Hall–Kier alpha value is -2.48. The predicted molar refractivity (Wildman–Crippen MR) is 82.3 cm³/mol. The monoisotopic (exact) mass is 307 g/mol. The van der Waals surface area contributed by atoms with Crippen molar-refractivity contribution in [2.24, 2.45) is 0 Å². The maximum atomic E-state index is 11.9. The minimum Gasteiger partial charge on any atom is -0.341 e. The molecule has 1 aromatic heterocycles. The standard InChI is InChI=1S/C14H21N5O3/c1-9-6-5-7-11(16-9)17-12(20)8-19(4)10(2)13(21)18-14(22)15-3/h5-7,10H,8H2,1-4H3,(H,16,17,20)(H2,15,18,21,22). The topological polar surface area (TPSA) is 103 Å². The highest BCUT2D eigenvalue weighted by Gasteiger charge is 2.21. The zero-order chi connectivity index (χ0) is 16.7. The van der Waals surface area contributed by atoms with E-state index in [4.69, 9.17) is 0 Å². The molecule has 120 valence electrons. The largest absolute Gasteiger partial charge is 0.341 e. The highest BCUT2D eigenvalue weighted by molar-refractivity contribution is 5.97. The number of imide groups is 1. The van der Waals surface area contributed by atoms with Gasteiger partial charge >= 0.3 is 6.03 Å². The third-order valence-corrected chi connectivity index (χ3v) is 3.05. The fourth-order valence-corrected chi connectivity index (χ4v) is 1.64. The number of anilines is 1. The molecule has 1 unspecified atom stereocenters. The van der Waals surface area contributed by atoms with Crippen LogP contribution < -0.4 is 16.0 Å². The van der Waals surface area contributed by atoms with Crippen molar-refractivity contribution in [2.75, 3.05) is 26.0 Å². The number of carbonyl (C=O) groups excluding carboxylic acids is 3. The molecular weight excluding hydrogens is 286 g/mol. The number of likely N-dealkylation sites (N-methyl/N-ethyl adjacent to an activating group) is 1. The molecule has 0 saturated carbocycles. The number of nitrogens with zero attached hydrogens (tertiary/aromatic N) is 2. The number of amides is 4. The van der Waals surface area contributed by atoms with Crippen LogP contribution in [0.3, 0.4) is 0 Å². The van der Waals surface area contributed by atoms with Crippen molar-refractivity contribution in [1.82, 2.24) is 20.5 Å². The molecule has 8 heteroatoms. The summed E-state index contributed by atoms with van der Waals surface area (Å²) >= 11 is 0. The third kappa shape index (κ3) is 5.49. The Morgan fingerprint density at radius 3 is 2.59 bits per heavy atom. The molecule has 1 atom stereocenters. The number of rotatable bonds is 5. The normalized spacial score (nSPS) is 11.7. The summed E-state index contributed by atoms with van der Waals surface area (Å²) in [6, 6.07) is 4.09. The summed E-state index contributed by atoms with van der Waals surface area (Å²) in [5, 5.41) is 7.11. The van der Waals surface area contributed by atoms with Crippen molar-refractivity contribution in [1.29, 1.82) is 0 Å². The van der Waals surface area contributed by atoms with Crippen molar-refractivity contribution in [3.05, 3.63) is 23.9 Å². The summed E-state index contributed by atoms with van der Waals surface area (Å²) in [6.07, 6.45) is 0. The number of aryl methyl sites for hydroxylation is 1. The van der Waals surface area contributed by atoms with Crippen molar-refractivity contribution in [2.45, 2.75) is 19.9 Å². The second-order valence-corrected chi connectivity index (χ2v) is 4.87. The fourth-order valence-electron chi connectivity index (χ4n) is 1.64. The Bertz CT molecular complexity index is 561. The molecule has 1 aromatic rings. The molecule has 0 aromatic carbocycles. The Balaban J connectivity index is 2.52. The Morgan fingerprint density at radius 2 is 2.00 bits per heavy atom. The number of aromatic nitrogens is 1. The van der Waals surface area contributed by atoms with Gasteiger partial charge in [-0.1, -0.05) is 6.07 Å². The first-order valence-corrected chi connectivity index (χ1v) is 6.79. The lowest BCUT2D eigenvalue weighted by Gasteiger charge is -2.22. The number of pyridine rings is 1. The molecule has 1 heterocycles. The molecular formula is C14H21N5O3. The number of nitrogens with one attached hydrogen (secondary N) is 3. The molecule has 0 radical (unpaired) electrons. The van der Waals surface area contributed by atoms with Gasteiger partial charge in [0.2, 0.25) is 11.8 Å². The molecule has 8 nitrogen and oxygen atoms in total. The average molecular weight is 307 g/mol. The summed E-state index contributed by atoms with van der Waals surface area (Å²) in [7, 11) is 3.04. The minimum atomic E-state index is -0.631. The Labute approximate surface area is 129 Å². The van der Waals surface area contributed by atoms with Crippen molar-refractivity contribution >= 4 is 23.7 Å². The number of hydrogen-bond donors (Lipinski definition) is 3. The van der Waals surface area contributed by atoms with Crippen molar-refractivity contribution in [3.63, 3.8) is 0 Å². The van der Waals surface area contributed by atoms with Gasteiger partial charge in [0.25, 0.3) is 0 Å². The highest BCUT2D eigenvalue weighted by Crippen LogP contribution is 2.04. The molecule has 0 aliphatic carbocycles. The van der Waals surface area contributed by atoms with Crippen LogP contribution in [0.2, 0.25) is 0 Å². The van der Waals surface area contributed by atoms with Crippen LogP contribution in [0.5, 0.6) is 0 Å². The smallest absolute Gasteiger partial charge is 0.321 e. The quantitative estimate of drug-likeness (QED) is 0.716.